The number of hydrogen-bond acceptors (Lipinski definition) is 3. The Morgan fingerprint density at radius 3 is 2.41 bits per heavy atom. The van der Waals surface area contributed by atoms with Crippen LogP contribution >= 0.6 is 0 Å². The first-order valence-corrected chi connectivity index (χ1v) is 6.73. The summed E-state index contributed by atoms with van der Waals surface area (Å²) in [4.78, 5) is 13.5. The molecule has 1 unspecified atom stereocenters. The van der Waals surface area contributed by atoms with Crippen LogP contribution in [-0.2, 0) is 4.79 Å². The lowest BCUT2D eigenvalue weighted by atomic mass is 9.93. The Hall–Kier alpha value is -0.610. The van der Waals surface area contributed by atoms with Gasteiger partial charge in [0, 0.05) is 13.1 Å². The molecule has 0 heterocycles. The van der Waals surface area contributed by atoms with Crippen LogP contribution in [0.2, 0.25) is 0 Å². The smallest absolute Gasteiger partial charge is 0.325 e. The molecule has 2 rings (SSSR count). The Balaban J connectivity index is 1.86. The second-order valence-corrected chi connectivity index (χ2v) is 5.97. The van der Waals surface area contributed by atoms with E-state index in [1.807, 2.05) is 7.05 Å². The predicted octanol–water partition coefficient (Wildman–Crippen LogP) is 1.30. The number of carboxylic acid groups (broad SMARTS) is 1. The monoisotopic (exact) mass is 240 g/mol. The maximum Gasteiger partial charge on any atom is 0.325 e. The van der Waals surface area contributed by atoms with Crippen LogP contribution < -0.4 is 5.73 Å². The Kier molecular flexibility index (Phi) is 3.73. The zero-order valence-electron chi connectivity index (χ0n) is 10.7. The Labute approximate surface area is 103 Å². The van der Waals surface area contributed by atoms with Gasteiger partial charge in [0.2, 0.25) is 0 Å². The van der Waals surface area contributed by atoms with Gasteiger partial charge in [-0.05, 0) is 44.6 Å². The number of carbonyl (C=O) groups is 1. The third kappa shape index (κ3) is 2.99. The average molecular weight is 240 g/mol. The van der Waals surface area contributed by atoms with Crippen LogP contribution in [0.1, 0.15) is 38.5 Å². The largest absolute Gasteiger partial charge is 0.480 e. The summed E-state index contributed by atoms with van der Waals surface area (Å²) in [6, 6.07) is 0. The molecule has 0 radical (unpaired) electrons. The fourth-order valence-electron chi connectivity index (χ4n) is 3.11. The highest BCUT2D eigenvalue weighted by Crippen LogP contribution is 2.39. The van der Waals surface area contributed by atoms with Crippen LogP contribution in [0.15, 0.2) is 0 Å². The number of nitrogens with zero attached hydrogens (tertiary/aromatic N) is 1. The van der Waals surface area contributed by atoms with Crippen LogP contribution in [0.4, 0.5) is 0 Å². The van der Waals surface area contributed by atoms with Gasteiger partial charge in [0.15, 0.2) is 0 Å². The van der Waals surface area contributed by atoms with Gasteiger partial charge in [0.25, 0.3) is 0 Å². The van der Waals surface area contributed by atoms with E-state index < -0.39 is 11.5 Å². The summed E-state index contributed by atoms with van der Waals surface area (Å²) >= 11 is 0. The molecule has 0 spiro atoms. The topological polar surface area (TPSA) is 66.6 Å². The number of rotatable bonds is 6. The molecule has 0 aromatic heterocycles. The molecule has 3 N–H and O–H groups in total. The molecule has 98 valence electrons. The highest BCUT2D eigenvalue weighted by Gasteiger charge is 2.48. The minimum Gasteiger partial charge on any atom is -0.480 e. The van der Waals surface area contributed by atoms with Crippen molar-refractivity contribution < 1.29 is 9.90 Å². The van der Waals surface area contributed by atoms with E-state index in [0.717, 1.165) is 25.3 Å². The van der Waals surface area contributed by atoms with Crippen molar-refractivity contribution in [2.75, 3.05) is 20.1 Å². The van der Waals surface area contributed by atoms with Gasteiger partial charge in [0.1, 0.15) is 5.54 Å². The normalized spacial score (nSPS) is 25.1. The van der Waals surface area contributed by atoms with Crippen molar-refractivity contribution in [1.29, 1.82) is 0 Å². The van der Waals surface area contributed by atoms with E-state index in [9.17, 15) is 9.90 Å². The standard InChI is InChI=1S/C13H24N2O2/c1-15(8-10-4-2-3-5-10)9-13(14,12(16)17)11-6-7-11/h10-11H,2-9,14H2,1H3,(H,16,17). The molecule has 4 heteroatoms. The molecule has 2 aliphatic carbocycles. The molecule has 17 heavy (non-hydrogen) atoms. The Morgan fingerprint density at radius 2 is 1.94 bits per heavy atom. The molecule has 0 bridgehead atoms. The van der Waals surface area contributed by atoms with Gasteiger partial charge < -0.3 is 15.7 Å². The van der Waals surface area contributed by atoms with Crippen molar-refractivity contribution >= 4 is 5.97 Å². The molecule has 1 atom stereocenters. The van der Waals surface area contributed by atoms with E-state index in [4.69, 9.17) is 5.73 Å². The maximum atomic E-state index is 11.3. The van der Waals surface area contributed by atoms with Crippen molar-refractivity contribution in [2.45, 2.75) is 44.1 Å². The van der Waals surface area contributed by atoms with Crippen LogP contribution in [0.3, 0.4) is 0 Å². The molecule has 2 fully saturated rings. The van der Waals surface area contributed by atoms with Gasteiger partial charge in [-0.25, -0.2) is 0 Å². The SMILES string of the molecule is CN(CC1CCCC1)CC(N)(C(=O)O)C1CC1. The average Bonchev–Trinajstić information content (AvgIpc) is 2.99. The highest BCUT2D eigenvalue weighted by molar-refractivity contribution is 5.79. The first kappa shape index (κ1) is 12.8. The van der Waals surface area contributed by atoms with E-state index in [1.54, 1.807) is 0 Å². The minimum absolute atomic E-state index is 0.186. The molecular weight excluding hydrogens is 216 g/mol. The fourth-order valence-corrected chi connectivity index (χ4v) is 3.11. The maximum absolute atomic E-state index is 11.3. The van der Waals surface area contributed by atoms with Gasteiger partial charge in [-0.3, -0.25) is 4.79 Å². The molecule has 0 amide bonds. The van der Waals surface area contributed by atoms with Gasteiger partial charge in [0.05, 0.1) is 0 Å². The number of hydrogen-bond donors (Lipinski definition) is 2. The molecule has 4 nitrogen and oxygen atoms in total. The van der Waals surface area contributed by atoms with Crippen LogP contribution in [0.25, 0.3) is 0 Å². The van der Waals surface area contributed by atoms with Crippen molar-refractivity contribution in [3.63, 3.8) is 0 Å². The summed E-state index contributed by atoms with van der Waals surface area (Å²) in [5.41, 5.74) is 5.06. The third-order valence-corrected chi connectivity index (χ3v) is 4.28. The first-order valence-electron chi connectivity index (χ1n) is 6.73. The van der Waals surface area contributed by atoms with E-state index in [1.165, 1.54) is 25.7 Å². The van der Waals surface area contributed by atoms with Crippen LogP contribution in [-0.4, -0.2) is 41.7 Å². The lowest BCUT2D eigenvalue weighted by Gasteiger charge is -2.31. The predicted molar refractivity (Wildman–Crippen MR) is 66.7 cm³/mol. The summed E-state index contributed by atoms with van der Waals surface area (Å²) in [7, 11) is 2.01. The molecule has 0 aliphatic heterocycles. The quantitative estimate of drug-likeness (QED) is 0.734. The third-order valence-electron chi connectivity index (χ3n) is 4.28. The fraction of sp³-hybridized carbons (Fsp3) is 0.923. The van der Waals surface area contributed by atoms with Crippen molar-refractivity contribution in [1.82, 2.24) is 4.90 Å². The molecule has 2 aliphatic rings. The lowest BCUT2D eigenvalue weighted by molar-refractivity contribution is -0.145. The van der Waals surface area contributed by atoms with Gasteiger partial charge >= 0.3 is 5.97 Å². The molecule has 2 saturated carbocycles. The van der Waals surface area contributed by atoms with Gasteiger partial charge in [-0.1, -0.05) is 12.8 Å². The van der Waals surface area contributed by atoms with E-state index in [2.05, 4.69) is 4.90 Å². The number of likely N-dealkylation sites (N-methyl/N-ethyl adjacent to an activating group) is 1. The minimum atomic E-state index is -1.02. The zero-order chi connectivity index (χ0) is 12.5. The number of carboxylic acids is 1. The summed E-state index contributed by atoms with van der Waals surface area (Å²) in [5.74, 6) is 0.0987. The first-order chi connectivity index (χ1) is 8.02. The second kappa shape index (κ2) is 4.94. The van der Waals surface area contributed by atoms with Crippen LogP contribution in [0.5, 0.6) is 0 Å². The molecule has 0 aromatic rings. The lowest BCUT2D eigenvalue weighted by Crippen LogP contribution is -2.57. The molecule has 0 aromatic carbocycles. The molecule has 0 saturated heterocycles. The molecular formula is C13H24N2O2. The van der Waals surface area contributed by atoms with E-state index in [-0.39, 0.29) is 5.92 Å². The summed E-state index contributed by atoms with van der Waals surface area (Å²) in [6.45, 7) is 1.49. The van der Waals surface area contributed by atoms with Crippen LogP contribution in [0, 0.1) is 11.8 Å². The van der Waals surface area contributed by atoms with Crippen molar-refractivity contribution in [3.05, 3.63) is 0 Å². The van der Waals surface area contributed by atoms with Gasteiger partial charge in [-0.2, -0.15) is 0 Å². The van der Waals surface area contributed by atoms with E-state index in [0.29, 0.717) is 6.54 Å². The highest BCUT2D eigenvalue weighted by atomic mass is 16.4. The zero-order valence-corrected chi connectivity index (χ0v) is 10.7. The van der Waals surface area contributed by atoms with E-state index >= 15 is 0 Å². The van der Waals surface area contributed by atoms with Gasteiger partial charge in [-0.15, -0.1) is 0 Å². The number of nitrogens with two attached hydrogens (primary N) is 1. The van der Waals surface area contributed by atoms with Crippen molar-refractivity contribution in [2.24, 2.45) is 17.6 Å². The summed E-state index contributed by atoms with van der Waals surface area (Å²) in [6.07, 6.45) is 7.18. The summed E-state index contributed by atoms with van der Waals surface area (Å²) < 4.78 is 0. The summed E-state index contributed by atoms with van der Waals surface area (Å²) in [5, 5.41) is 9.30. The second-order valence-electron chi connectivity index (χ2n) is 5.97. The Bertz CT molecular complexity index is 285. The van der Waals surface area contributed by atoms with Crippen molar-refractivity contribution in [3.8, 4) is 0 Å². The Morgan fingerprint density at radius 1 is 1.35 bits per heavy atom. The number of aliphatic carboxylic acids is 1.